The van der Waals surface area contributed by atoms with Crippen molar-refractivity contribution >= 4 is 29.7 Å². The zero-order chi connectivity index (χ0) is 36.6. The molecule has 3 amide bonds. The number of amides is 3. The molecule has 52 heavy (non-hydrogen) atoms. The molecule has 14 heteroatoms. The third-order valence-corrected chi connectivity index (χ3v) is 10.5. The maximum atomic E-state index is 13.7. The highest BCUT2D eigenvalue weighted by Crippen LogP contribution is 2.38. The van der Waals surface area contributed by atoms with Gasteiger partial charge in [-0.2, -0.15) is 4.98 Å². The number of carbonyl (C=O) groups excluding carboxylic acids is 3. The highest BCUT2D eigenvalue weighted by molar-refractivity contribution is 5.93. The van der Waals surface area contributed by atoms with Crippen molar-refractivity contribution in [2.75, 3.05) is 42.9 Å². The number of nitrogens with one attached hydrogen (secondary N) is 2. The molecule has 3 aliphatic heterocycles. The van der Waals surface area contributed by atoms with Crippen LogP contribution >= 0.6 is 0 Å². The van der Waals surface area contributed by atoms with E-state index in [0.717, 1.165) is 29.9 Å². The number of ether oxygens (including phenoxy) is 2. The average Bonchev–Trinajstić information content (AvgIpc) is 3.65. The summed E-state index contributed by atoms with van der Waals surface area (Å²) in [6.45, 7) is 12.9. The van der Waals surface area contributed by atoms with E-state index in [1.165, 1.54) is 25.7 Å². The van der Waals surface area contributed by atoms with Gasteiger partial charge in [0.05, 0.1) is 11.7 Å². The van der Waals surface area contributed by atoms with Gasteiger partial charge in [-0.25, -0.2) is 14.8 Å². The zero-order valence-electron chi connectivity index (χ0n) is 30.8. The molecular weight excluding hydrogens is 664 g/mol. The summed E-state index contributed by atoms with van der Waals surface area (Å²) in [5, 5.41) is 6.50. The number of piperidine rings is 1. The van der Waals surface area contributed by atoms with Crippen molar-refractivity contribution in [2.24, 2.45) is 11.8 Å². The number of hydrogen-bond donors (Lipinski definition) is 2. The summed E-state index contributed by atoms with van der Waals surface area (Å²) in [6.07, 6.45) is 5.82. The number of carbonyl (C=O) groups is 3. The minimum Gasteiger partial charge on any atom is -0.486 e. The quantitative estimate of drug-likeness (QED) is 0.300. The largest absolute Gasteiger partial charge is 0.486 e. The fourth-order valence-corrected chi connectivity index (χ4v) is 7.74. The molecule has 3 atom stereocenters. The lowest BCUT2D eigenvalue weighted by Crippen LogP contribution is -2.56. The Labute approximate surface area is 304 Å². The number of likely N-dealkylation sites (tertiary alicyclic amines) is 1. The lowest BCUT2D eigenvalue weighted by Gasteiger charge is -2.39. The first-order valence-corrected chi connectivity index (χ1v) is 18.4. The minimum absolute atomic E-state index is 0.0462. The Balaban J connectivity index is 1.03. The van der Waals surface area contributed by atoms with E-state index in [-0.39, 0.29) is 30.5 Å². The Morgan fingerprint density at radius 3 is 2.48 bits per heavy atom. The first kappa shape index (κ1) is 35.5. The van der Waals surface area contributed by atoms with Crippen molar-refractivity contribution in [3.8, 4) is 5.75 Å². The number of hydrogen-bond acceptors (Lipinski definition) is 11. The van der Waals surface area contributed by atoms with Gasteiger partial charge >= 0.3 is 6.09 Å². The number of anilines is 2. The van der Waals surface area contributed by atoms with E-state index in [9.17, 15) is 14.4 Å². The summed E-state index contributed by atoms with van der Waals surface area (Å²) in [7, 11) is 0. The van der Waals surface area contributed by atoms with Gasteiger partial charge in [0.2, 0.25) is 11.9 Å². The molecule has 0 radical (unpaired) electrons. The average molecular weight is 715 g/mol. The summed E-state index contributed by atoms with van der Waals surface area (Å²) in [5.41, 5.74) is 2.51. The first-order chi connectivity index (χ1) is 24.9. The predicted octanol–water partition coefficient (Wildman–Crippen LogP) is 4.71. The number of aryl methyl sites for hydroxylation is 1. The van der Waals surface area contributed by atoms with Crippen molar-refractivity contribution in [3.05, 3.63) is 58.9 Å². The second-order valence-electron chi connectivity index (χ2n) is 15.7. The Bertz CT molecular complexity index is 1790. The predicted molar refractivity (Wildman–Crippen MR) is 193 cm³/mol. The van der Waals surface area contributed by atoms with Crippen LogP contribution in [0.3, 0.4) is 0 Å². The maximum Gasteiger partial charge on any atom is 0.410 e. The van der Waals surface area contributed by atoms with Gasteiger partial charge in [0.1, 0.15) is 29.5 Å². The number of aromatic nitrogens is 3. The smallest absolute Gasteiger partial charge is 0.410 e. The Kier molecular flexibility index (Phi) is 9.99. The Morgan fingerprint density at radius 2 is 1.79 bits per heavy atom. The van der Waals surface area contributed by atoms with E-state index in [4.69, 9.17) is 23.9 Å². The summed E-state index contributed by atoms with van der Waals surface area (Å²) in [6, 6.07) is 7.49. The van der Waals surface area contributed by atoms with E-state index in [1.807, 2.05) is 45.9 Å². The van der Waals surface area contributed by atoms with Crippen LogP contribution in [0.1, 0.15) is 86.4 Å². The van der Waals surface area contributed by atoms with E-state index in [2.05, 4.69) is 20.5 Å². The van der Waals surface area contributed by atoms with Crippen LogP contribution < -0.4 is 20.3 Å². The van der Waals surface area contributed by atoms with Crippen molar-refractivity contribution in [2.45, 2.75) is 97.6 Å². The lowest BCUT2D eigenvalue weighted by atomic mass is 9.92. The van der Waals surface area contributed by atoms with E-state index in [1.54, 1.807) is 22.8 Å². The SMILES string of the molecule is CC(=O)N1CC(Nc2cc(C(=O)NCC[C@@H]3Cc4ccc(OCc5ocnc5C)cc4CN3C(=O)OC(C)(C)C)nc(N3CC4CCC(C4)C3)n2)C1. The van der Waals surface area contributed by atoms with Gasteiger partial charge in [0.25, 0.3) is 5.91 Å². The van der Waals surface area contributed by atoms with Crippen LogP contribution in [0, 0.1) is 18.8 Å². The van der Waals surface area contributed by atoms with Crippen LogP contribution in [0.2, 0.25) is 0 Å². The topological polar surface area (TPSA) is 155 Å². The fraction of sp³-hybridized carbons (Fsp3) is 0.579. The molecule has 278 valence electrons. The van der Waals surface area contributed by atoms with Crippen molar-refractivity contribution in [3.63, 3.8) is 0 Å². The van der Waals surface area contributed by atoms with Crippen LogP contribution in [0.15, 0.2) is 35.1 Å². The van der Waals surface area contributed by atoms with Crippen molar-refractivity contribution < 1.29 is 28.3 Å². The van der Waals surface area contributed by atoms with E-state index < -0.39 is 11.7 Å². The molecule has 2 unspecified atom stereocenters. The first-order valence-electron chi connectivity index (χ1n) is 18.4. The molecule has 3 aromatic rings. The molecule has 1 saturated carbocycles. The molecule has 2 saturated heterocycles. The zero-order valence-corrected chi connectivity index (χ0v) is 30.8. The molecule has 0 spiro atoms. The van der Waals surface area contributed by atoms with Crippen LogP contribution in [0.25, 0.3) is 0 Å². The standard InChI is InChI=1S/C38H50N8O6/c1-23-33(51-22-40-23)21-50-31-9-8-27-13-30(46(18-28(27)14-31)37(49)52-38(3,4)5)10-11-39-35(48)32-15-34(41-29-19-44(20-29)24(2)47)43-36(42-32)45-16-25-6-7-26(12-25)17-45/h8-9,14-15,22,25-26,29-30H,6-7,10-13,16-21H2,1-5H3,(H,39,48)(H,41,42,43)/t25?,26?,30-/m1/s1. The molecular formula is C38H50N8O6. The van der Waals surface area contributed by atoms with Crippen LogP contribution in [-0.2, 0) is 29.1 Å². The summed E-state index contributed by atoms with van der Waals surface area (Å²) in [5.74, 6) is 3.49. The highest BCUT2D eigenvalue weighted by Gasteiger charge is 2.36. The summed E-state index contributed by atoms with van der Waals surface area (Å²) in [4.78, 5) is 58.4. The molecule has 3 fully saturated rings. The van der Waals surface area contributed by atoms with Crippen LogP contribution in [0.5, 0.6) is 5.75 Å². The maximum absolute atomic E-state index is 13.7. The van der Waals surface area contributed by atoms with Gasteiger partial charge < -0.3 is 39.2 Å². The molecule has 2 N–H and O–H groups in total. The lowest BCUT2D eigenvalue weighted by molar-refractivity contribution is -0.132. The molecule has 7 rings (SSSR count). The van der Waals surface area contributed by atoms with Gasteiger partial charge in [-0.05, 0) is 94.9 Å². The fourth-order valence-electron chi connectivity index (χ4n) is 7.74. The summed E-state index contributed by atoms with van der Waals surface area (Å²) < 4.78 is 17.2. The van der Waals surface area contributed by atoms with Gasteiger partial charge in [-0.3, -0.25) is 9.59 Å². The van der Waals surface area contributed by atoms with Gasteiger partial charge in [-0.15, -0.1) is 0 Å². The number of fused-ring (bicyclic) bond motifs is 3. The molecule has 14 nitrogen and oxygen atoms in total. The number of rotatable bonds is 10. The third kappa shape index (κ3) is 8.26. The second kappa shape index (κ2) is 14.6. The van der Waals surface area contributed by atoms with E-state index in [0.29, 0.717) is 79.8 Å². The number of nitrogens with zero attached hydrogens (tertiary/aromatic N) is 6. The molecule has 1 aromatic carbocycles. The second-order valence-corrected chi connectivity index (χ2v) is 15.7. The minimum atomic E-state index is -0.662. The van der Waals surface area contributed by atoms with Crippen molar-refractivity contribution in [1.29, 1.82) is 0 Å². The van der Waals surface area contributed by atoms with Gasteiger partial charge in [0, 0.05) is 58.3 Å². The van der Waals surface area contributed by atoms with Gasteiger partial charge in [0.15, 0.2) is 12.2 Å². The van der Waals surface area contributed by atoms with Gasteiger partial charge in [-0.1, -0.05) is 6.07 Å². The molecule has 4 aliphatic rings. The Hall–Kier alpha value is -4.88. The monoisotopic (exact) mass is 714 g/mol. The van der Waals surface area contributed by atoms with E-state index >= 15 is 0 Å². The third-order valence-electron chi connectivity index (χ3n) is 10.5. The number of benzene rings is 1. The van der Waals surface area contributed by atoms with Crippen LogP contribution in [-0.4, -0.2) is 93.1 Å². The van der Waals surface area contributed by atoms with Crippen LogP contribution in [0.4, 0.5) is 16.6 Å². The molecule has 2 bridgehead atoms. The Morgan fingerprint density at radius 1 is 1.02 bits per heavy atom. The normalized spacial score (nSPS) is 21.3. The molecule has 1 aliphatic carbocycles. The van der Waals surface area contributed by atoms with Crippen molar-refractivity contribution in [1.82, 2.24) is 30.1 Å². The summed E-state index contributed by atoms with van der Waals surface area (Å²) >= 11 is 0. The molecule has 2 aromatic heterocycles. The highest BCUT2D eigenvalue weighted by atomic mass is 16.6. The number of oxazole rings is 1. The molecule has 5 heterocycles.